The Balaban J connectivity index is 0.000000318. The van der Waals surface area contributed by atoms with Crippen molar-refractivity contribution in [1.29, 1.82) is 0 Å². The van der Waals surface area contributed by atoms with Gasteiger partial charge in [0.1, 0.15) is 0 Å². The van der Waals surface area contributed by atoms with Crippen LogP contribution in [0.4, 0.5) is 0 Å². The van der Waals surface area contributed by atoms with E-state index in [0.717, 1.165) is 11.8 Å². The highest BCUT2D eigenvalue weighted by molar-refractivity contribution is 4.59. The molecule has 1 unspecified atom stereocenters. The van der Waals surface area contributed by atoms with Crippen molar-refractivity contribution in [2.24, 2.45) is 11.8 Å². The van der Waals surface area contributed by atoms with Gasteiger partial charge in [-0.2, -0.15) is 0 Å². The second-order valence-electron chi connectivity index (χ2n) is 6.11. The second-order valence-corrected chi connectivity index (χ2v) is 6.11. The van der Waals surface area contributed by atoms with Gasteiger partial charge in [-0.3, -0.25) is 0 Å². The quantitative estimate of drug-likeness (QED) is 0.459. The van der Waals surface area contributed by atoms with Crippen LogP contribution < -0.4 is 0 Å². The SMILES string of the molecule is CC1CCCCC1.CCCCCCC(C)CC. The Bertz CT molecular complexity index is 133. The Hall–Kier alpha value is 0. The Morgan fingerprint density at radius 3 is 2.00 bits per heavy atom. The highest BCUT2D eigenvalue weighted by Crippen LogP contribution is 2.22. The molecule has 0 heteroatoms. The van der Waals surface area contributed by atoms with E-state index < -0.39 is 0 Å². The zero-order valence-electron chi connectivity index (χ0n) is 12.9. The van der Waals surface area contributed by atoms with E-state index >= 15 is 0 Å². The molecule has 0 saturated heterocycles. The first kappa shape index (κ1) is 17.0. The Kier molecular flexibility index (Phi) is 12.5. The molecule has 1 fully saturated rings. The smallest absolute Gasteiger partial charge is 0.0443 e. The third kappa shape index (κ3) is 12.2. The lowest BCUT2D eigenvalue weighted by Crippen LogP contribution is -1.99. The van der Waals surface area contributed by atoms with Gasteiger partial charge in [-0.15, -0.1) is 0 Å². The fraction of sp³-hybridized carbons (Fsp3) is 1.00. The molecule has 0 nitrogen and oxygen atoms in total. The molecule has 1 aliphatic carbocycles. The van der Waals surface area contributed by atoms with Gasteiger partial charge in [-0.25, -0.2) is 0 Å². The Morgan fingerprint density at radius 2 is 1.59 bits per heavy atom. The zero-order chi connectivity index (χ0) is 12.9. The monoisotopic (exact) mass is 240 g/mol. The normalized spacial score (nSPS) is 18.4. The van der Waals surface area contributed by atoms with E-state index in [4.69, 9.17) is 0 Å². The molecule has 1 rings (SSSR count). The first-order valence-corrected chi connectivity index (χ1v) is 8.20. The summed E-state index contributed by atoms with van der Waals surface area (Å²) in [4.78, 5) is 0. The Morgan fingerprint density at radius 1 is 0.941 bits per heavy atom. The number of hydrogen-bond acceptors (Lipinski definition) is 0. The summed E-state index contributed by atoms with van der Waals surface area (Å²) in [5, 5.41) is 0. The first-order chi connectivity index (χ1) is 8.20. The highest BCUT2D eigenvalue weighted by atomic mass is 14.1. The van der Waals surface area contributed by atoms with Gasteiger partial charge in [0.25, 0.3) is 0 Å². The van der Waals surface area contributed by atoms with Crippen LogP contribution in [0.2, 0.25) is 0 Å². The maximum Gasteiger partial charge on any atom is -0.0443 e. The summed E-state index contributed by atoms with van der Waals surface area (Å²) < 4.78 is 0. The van der Waals surface area contributed by atoms with Crippen LogP contribution >= 0.6 is 0 Å². The molecule has 0 spiro atoms. The fourth-order valence-electron chi connectivity index (χ4n) is 2.43. The molecule has 0 N–H and O–H groups in total. The summed E-state index contributed by atoms with van der Waals surface area (Å²) in [5.41, 5.74) is 0. The molecule has 1 saturated carbocycles. The van der Waals surface area contributed by atoms with E-state index in [1.54, 1.807) is 0 Å². The molecule has 104 valence electrons. The number of unbranched alkanes of at least 4 members (excludes halogenated alkanes) is 3. The third-order valence-electron chi connectivity index (χ3n) is 4.14. The van der Waals surface area contributed by atoms with Crippen LogP contribution in [0.5, 0.6) is 0 Å². The van der Waals surface area contributed by atoms with Crippen LogP contribution in [0.1, 0.15) is 98.3 Å². The second kappa shape index (κ2) is 12.5. The predicted octanol–water partition coefficient (Wildman–Crippen LogP) is 6.59. The molecule has 1 atom stereocenters. The summed E-state index contributed by atoms with van der Waals surface area (Å²) in [7, 11) is 0. The molecule has 17 heavy (non-hydrogen) atoms. The average Bonchev–Trinajstić information content (AvgIpc) is 2.36. The third-order valence-corrected chi connectivity index (χ3v) is 4.14. The van der Waals surface area contributed by atoms with E-state index in [9.17, 15) is 0 Å². The lowest BCUT2D eigenvalue weighted by molar-refractivity contribution is 0.385. The van der Waals surface area contributed by atoms with Gasteiger partial charge in [0.15, 0.2) is 0 Å². The molecular weight excluding hydrogens is 204 g/mol. The van der Waals surface area contributed by atoms with Gasteiger partial charge in [-0.05, 0) is 11.8 Å². The van der Waals surface area contributed by atoms with Crippen molar-refractivity contribution in [3.05, 3.63) is 0 Å². The predicted molar refractivity (Wildman–Crippen MR) is 80.5 cm³/mol. The first-order valence-electron chi connectivity index (χ1n) is 8.20. The van der Waals surface area contributed by atoms with Gasteiger partial charge in [0, 0.05) is 0 Å². The van der Waals surface area contributed by atoms with Crippen LogP contribution in [0.25, 0.3) is 0 Å². The van der Waals surface area contributed by atoms with Crippen molar-refractivity contribution in [3.8, 4) is 0 Å². The van der Waals surface area contributed by atoms with Gasteiger partial charge in [0.2, 0.25) is 0 Å². The molecule has 0 aliphatic heterocycles. The van der Waals surface area contributed by atoms with Gasteiger partial charge in [0.05, 0.1) is 0 Å². The van der Waals surface area contributed by atoms with Gasteiger partial charge >= 0.3 is 0 Å². The van der Waals surface area contributed by atoms with Crippen LogP contribution in [-0.4, -0.2) is 0 Å². The summed E-state index contributed by atoms with van der Waals surface area (Å²) in [6, 6.07) is 0. The van der Waals surface area contributed by atoms with Crippen LogP contribution in [0, 0.1) is 11.8 Å². The molecule has 1 aliphatic rings. The summed E-state index contributed by atoms with van der Waals surface area (Å²) in [6.45, 7) is 9.26. The van der Waals surface area contributed by atoms with Crippen LogP contribution in [-0.2, 0) is 0 Å². The maximum absolute atomic E-state index is 2.36. The summed E-state index contributed by atoms with van der Waals surface area (Å²) in [5.74, 6) is 1.99. The molecule has 0 radical (unpaired) electrons. The average molecular weight is 240 g/mol. The standard InChI is InChI=1S/C10H22.C7H14/c1-4-6-7-8-9-10(3)5-2;1-7-5-3-2-4-6-7/h10H,4-9H2,1-3H3;7H,2-6H2,1H3. The van der Waals surface area contributed by atoms with E-state index in [0.29, 0.717) is 0 Å². The van der Waals surface area contributed by atoms with Crippen molar-refractivity contribution >= 4 is 0 Å². The van der Waals surface area contributed by atoms with Crippen LogP contribution in [0.3, 0.4) is 0 Å². The number of rotatable bonds is 6. The topological polar surface area (TPSA) is 0 Å². The van der Waals surface area contributed by atoms with Gasteiger partial charge < -0.3 is 0 Å². The van der Waals surface area contributed by atoms with Crippen molar-refractivity contribution in [1.82, 2.24) is 0 Å². The lowest BCUT2D eigenvalue weighted by Gasteiger charge is -2.15. The van der Waals surface area contributed by atoms with Crippen molar-refractivity contribution in [2.45, 2.75) is 98.3 Å². The highest BCUT2D eigenvalue weighted by Gasteiger charge is 2.05. The van der Waals surface area contributed by atoms with Crippen molar-refractivity contribution in [2.75, 3.05) is 0 Å². The van der Waals surface area contributed by atoms with Gasteiger partial charge in [-0.1, -0.05) is 98.3 Å². The maximum atomic E-state index is 2.36. The minimum absolute atomic E-state index is 0.955. The van der Waals surface area contributed by atoms with E-state index in [1.165, 1.54) is 70.6 Å². The summed E-state index contributed by atoms with van der Waals surface area (Å²) in [6.07, 6.45) is 15.9. The van der Waals surface area contributed by atoms with Crippen molar-refractivity contribution in [3.63, 3.8) is 0 Å². The zero-order valence-corrected chi connectivity index (χ0v) is 12.9. The lowest BCUT2D eigenvalue weighted by atomic mass is 9.91. The van der Waals surface area contributed by atoms with Crippen LogP contribution in [0.15, 0.2) is 0 Å². The fourth-order valence-corrected chi connectivity index (χ4v) is 2.43. The van der Waals surface area contributed by atoms with Crippen molar-refractivity contribution < 1.29 is 0 Å². The minimum Gasteiger partial charge on any atom is -0.0654 e. The summed E-state index contributed by atoms with van der Waals surface area (Å²) >= 11 is 0. The van der Waals surface area contributed by atoms with E-state index in [-0.39, 0.29) is 0 Å². The molecule has 0 bridgehead atoms. The largest absolute Gasteiger partial charge is 0.0654 e. The molecule has 0 aromatic rings. The molecule has 0 aromatic heterocycles. The van der Waals surface area contributed by atoms with E-state index in [2.05, 4.69) is 27.7 Å². The number of hydrogen-bond donors (Lipinski definition) is 0. The molecular formula is C17H36. The molecule has 0 heterocycles. The minimum atomic E-state index is 0.955. The molecule has 0 aromatic carbocycles. The Labute approximate surface area is 111 Å². The van der Waals surface area contributed by atoms with E-state index in [1.807, 2.05) is 0 Å². The molecule has 0 amide bonds.